The van der Waals surface area contributed by atoms with Crippen LogP contribution in [0, 0.1) is 5.92 Å². The molecule has 1 aromatic heterocycles. The molecule has 3 aromatic rings. The van der Waals surface area contributed by atoms with Crippen molar-refractivity contribution in [2.45, 2.75) is 25.9 Å². The summed E-state index contributed by atoms with van der Waals surface area (Å²) in [5.41, 5.74) is 2.73. The van der Waals surface area contributed by atoms with E-state index < -0.39 is 0 Å². The van der Waals surface area contributed by atoms with Gasteiger partial charge < -0.3 is 14.6 Å². The van der Waals surface area contributed by atoms with Gasteiger partial charge >= 0.3 is 6.09 Å². The number of H-pyrrole nitrogens is 1. The van der Waals surface area contributed by atoms with E-state index in [0.29, 0.717) is 32.0 Å². The largest absolute Gasteiger partial charge is 0.445 e. The Labute approximate surface area is 164 Å². The third kappa shape index (κ3) is 4.09. The van der Waals surface area contributed by atoms with Crippen molar-refractivity contribution >= 4 is 22.8 Å². The maximum atomic E-state index is 12.7. The molecule has 0 aliphatic carbocycles. The molecule has 1 saturated heterocycles. The van der Waals surface area contributed by atoms with Gasteiger partial charge in [0, 0.05) is 42.2 Å². The van der Waals surface area contributed by atoms with Crippen molar-refractivity contribution < 1.29 is 14.3 Å². The van der Waals surface area contributed by atoms with Crippen LogP contribution in [0.3, 0.4) is 0 Å². The first-order valence-corrected chi connectivity index (χ1v) is 9.75. The number of fused-ring (bicyclic) bond motifs is 1. The zero-order valence-electron chi connectivity index (χ0n) is 15.8. The Kier molecular flexibility index (Phi) is 5.42. The minimum Gasteiger partial charge on any atom is -0.445 e. The molecule has 1 fully saturated rings. The SMILES string of the molecule is O=C(CC1CCN(C(=O)OCc2ccccc2)CC1)c1c[nH]c2ccccc12. The lowest BCUT2D eigenvalue weighted by molar-refractivity contribution is 0.0784. The molecule has 0 saturated carbocycles. The summed E-state index contributed by atoms with van der Waals surface area (Å²) in [7, 11) is 0. The maximum absolute atomic E-state index is 12.7. The van der Waals surface area contributed by atoms with Crippen molar-refractivity contribution in [1.29, 1.82) is 0 Å². The minimum absolute atomic E-state index is 0.169. The van der Waals surface area contributed by atoms with Gasteiger partial charge in [-0.25, -0.2) is 4.79 Å². The van der Waals surface area contributed by atoms with Crippen LogP contribution >= 0.6 is 0 Å². The van der Waals surface area contributed by atoms with E-state index in [4.69, 9.17) is 4.74 Å². The quantitative estimate of drug-likeness (QED) is 0.651. The fourth-order valence-corrected chi connectivity index (χ4v) is 3.80. The van der Waals surface area contributed by atoms with Crippen molar-refractivity contribution in [1.82, 2.24) is 9.88 Å². The van der Waals surface area contributed by atoms with Crippen molar-refractivity contribution in [3.05, 3.63) is 71.9 Å². The molecule has 0 unspecified atom stereocenters. The molecule has 28 heavy (non-hydrogen) atoms. The molecule has 2 heterocycles. The Hall–Kier alpha value is -3.08. The van der Waals surface area contributed by atoms with Gasteiger partial charge in [0.15, 0.2) is 5.78 Å². The molecule has 1 aliphatic rings. The highest BCUT2D eigenvalue weighted by Gasteiger charge is 2.26. The standard InChI is InChI=1S/C23H24N2O3/c26-22(20-15-24-21-9-5-4-8-19(20)21)14-17-10-12-25(13-11-17)23(27)28-16-18-6-2-1-3-7-18/h1-9,15,17,24H,10-14,16H2. The van der Waals surface area contributed by atoms with Gasteiger partial charge in [0.05, 0.1) is 0 Å². The Morgan fingerprint density at radius 2 is 1.71 bits per heavy atom. The molecule has 0 bridgehead atoms. The number of piperidine rings is 1. The van der Waals surface area contributed by atoms with E-state index in [2.05, 4.69) is 4.98 Å². The van der Waals surface area contributed by atoms with E-state index in [1.54, 1.807) is 4.90 Å². The van der Waals surface area contributed by atoms with Crippen LogP contribution in [0.25, 0.3) is 10.9 Å². The van der Waals surface area contributed by atoms with E-state index in [-0.39, 0.29) is 11.9 Å². The first-order valence-electron chi connectivity index (χ1n) is 9.75. The third-order valence-corrected chi connectivity index (χ3v) is 5.44. The average Bonchev–Trinajstić information content (AvgIpc) is 3.18. The summed E-state index contributed by atoms with van der Waals surface area (Å²) in [5.74, 6) is 0.474. The van der Waals surface area contributed by atoms with E-state index in [1.165, 1.54) is 0 Å². The predicted molar refractivity (Wildman–Crippen MR) is 108 cm³/mol. The summed E-state index contributed by atoms with van der Waals surface area (Å²) < 4.78 is 5.41. The van der Waals surface area contributed by atoms with Gasteiger partial charge in [-0.3, -0.25) is 4.79 Å². The average molecular weight is 376 g/mol. The van der Waals surface area contributed by atoms with Crippen LogP contribution in [0.5, 0.6) is 0 Å². The second-order valence-electron chi connectivity index (χ2n) is 7.35. The van der Waals surface area contributed by atoms with Crippen LogP contribution in [0.2, 0.25) is 0 Å². The number of rotatable bonds is 5. The van der Waals surface area contributed by atoms with Gasteiger partial charge in [0.2, 0.25) is 0 Å². The van der Waals surface area contributed by atoms with Crippen molar-refractivity contribution in [3.63, 3.8) is 0 Å². The van der Waals surface area contributed by atoms with Gasteiger partial charge in [0.25, 0.3) is 0 Å². The fourth-order valence-electron chi connectivity index (χ4n) is 3.80. The molecule has 144 valence electrons. The van der Waals surface area contributed by atoms with Gasteiger partial charge in [-0.1, -0.05) is 48.5 Å². The molecular formula is C23H24N2O3. The molecule has 0 radical (unpaired) electrons. The van der Waals surface area contributed by atoms with Gasteiger partial charge in [-0.05, 0) is 30.4 Å². The number of ketones is 1. The summed E-state index contributed by atoms with van der Waals surface area (Å²) in [6, 6.07) is 17.5. The Morgan fingerprint density at radius 1 is 1.00 bits per heavy atom. The number of hydrogen-bond acceptors (Lipinski definition) is 3. The monoisotopic (exact) mass is 376 g/mol. The Balaban J connectivity index is 1.27. The lowest BCUT2D eigenvalue weighted by Crippen LogP contribution is -2.39. The first kappa shape index (κ1) is 18.3. The highest BCUT2D eigenvalue weighted by molar-refractivity contribution is 6.07. The summed E-state index contributed by atoms with van der Waals surface area (Å²) in [6.07, 6.45) is 3.71. The number of likely N-dealkylation sites (tertiary alicyclic amines) is 1. The lowest BCUT2D eigenvalue weighted by atomic mass is 9.90. The van der Waals surface area contributed by atoms with E-state index in [9.17, 15) is 9.59 Å². The molecule has 5 heteroatoms. The molecule has 0 spiro atoms. The maximum Gasteiger partial charge on any atom is 0.410 e. The number of hydrogen-bond donors (Lipinski definition) is 1. The van der Waals surface area contributed by atoms with E-state index >= 15 is 0 Å². The molecule has 2 aromatic carbocycles. The molecule has 1 amide bonds. The molecule has 1 aliphatic heterocycles. The van der Waals surface area contributed by atoms with Gasteiger partial charge in [0.1, 0.15) is 6.61 Å². The lowest BCUT2D eigenvalue weighted by Gasteiger charge is -2.31. The Bertz CT molecular complexity index is 956. The van der Waals surface area contributed by atoms with Crippen LogP contribution in [0.4, 0.5) is 4.79 Å². The summed E-state index contributed by atoms with van der Waals surface area (Å²) >= 11 is 0. The fraction of sp³-hybridized carbons (Fsp3) is 0.304. The van der Waals surface area contributed by atoms with Crippen LogP contribution < -0.4 is 0 Å². The zero-order chi connectivity index (χ0) is 19.3. The Morgan fingerprint density at radius 3 is 2.50 bits per heavy atom. The number of carbonyl (C=O) groups is 2. The smallest absolute Gasteiger partial charge is 0.410 e. The number of para-hydroxylation sites is 1. The molecule has 0 atom stereocenters. The summed E-state index contributed by atoms with van der Waals surface area (Å²) in [4.78, 5) is 29.9. The summed E-state index contributed by atoms with van der Waals surface area (Å²) in [5, 5.41) is 0.981. The zero-order valence-corrected chi connectivity index (χ0v) is 15.8. The topological polar surface area (TPSA) is 62.4 Å². The van der Waals surface area contributed by atoms with Crippen LogP contribution in [0.1, 0.15) is 35.2 Å². The number of benzene rings is 2. The van der Waals surface area contributed by atoms with Gasteiger partial charge in [-0.2, -0.15) is 0 Å². The number of ether oxygens (including phenoxy) is 1. The summed E-state index contributed by atoms with van der Waals surface area (Å²) in [6.45, 7) is 1.57. The highest BCUT2D eigenvalue weighted by atomic mass is 16.6. The predicted octanol–water partition coefficient (Wildman–Crippen LogP) is 4.79. The number of aromatic amines is 1. The molecule has 1 N–H and O–H groups in total. The number of Topliss-reactive ketones (excluding diaryl/α,β-unsaturated/α-hetero) is 1. The highest BCUT2D eigenvalue weighted by Crippen LogP contribution is 2.26. The minimum atomic E-state index is -0.273. The van der Waals surface area contributed by atoms with Crippen molar-refractivity contribution in [2.75, 3.05) is 13.1 Å². The molecular weight excluding hydrogens is 352 g/mol. The second kappa shape index (κ2) is 8.30. The second-order valence-corrected chi connectivity index (χ2v) is 7.35. The normalized spacial score (nSPS) is 14.9. The van der Waals surface area contributed by atoms with Crippen molar-refractivity contribution in [3.8, 4) is 0 Å². The van der Waals surface area contributed by atoms with Crippen molar-refractivity contribution in [2.24, 2.45) is 5.92 Å². The van der Waals surface area contributed by atoms with E-state index in [0.717, 1.165) is 34.9 Å². The number of amides is 1. The number of nitrogens with zero attached hydrogens (tertiary/aromatic N) is 1. The van der Waals surface area contributed by atoms with Gasteiger partial charge in [-0.15, -0.1) is 0 Å². The number of carbonyl (C=O) groups excluding carboxylic acids is 2. The number of nitrogens with one attached hydrogen (secondary N) is 1. The molecule has 5 nitrogen and oxygen atoms in total. The first-order chi connectivity index (χ1) is 13.7. The van der Waals surface area contributed by atoms with Crippen LogP contribution in [0.15, 0.2) is 60.8 Å². The van der Waals surface area contributed by atoms with Crippen LogP contribution in [-0.2, 0) is 11.3 Å². The third-order valence-electron chi connectivity index (χ3n) is 5.44. The number of aromatic nitrogens is 1. The van der Waals surface area contributed by atoms with E-state index in [1.807, 2.05) is 60.8 Å². The molecule has 4 rings (SSSR count). The van der Waals surface area contributed by atoms with Crippen LogP contribution in [-0.4, -0.2) is 34.8 Å².